The zero-order valence-corrected chi connectivity index (χ0v) is 25.3. The summed E-state index contributed by atoms with van der Waals surface area (Å²) in [5.74, 6) is 0.285. The lowest BCUT2D eigenvalue weighted by atomic mass is 9.83. The molecule has 0 fully saturated rings. The van der Waals surface area contributed by atoms with Crippen LogP contribution in [0.4, 0.5) is 0 Å². The first-order chi connectivity index (χ1) is 25.4. The molecule has 1 heterocycles. The van der Waals surface area contributed by atoms with Crippen LogP contribution in [0.5, 0.6) is 0 Å². The Morgan fingerprint density at radius 3 is 1.62 bits per heavy atom. The van der Waals surface area contributed by atoms with E-state index in [1.54, 1.807) is 0 Å². The molecule has 0 unspecified atom stereocenters. The minimum Gasteiger partial charge on any atom is -0.292 e. The first-order valence-electron chi connectivity index (χ1n) is 18.2. The molecule has 0 aliphatic carbocycles. The Kier molecular flexibility index (Phi) is 5.35. The van der Waals surface area contributed by atoms with E-state index in [0.29, 0.717) is 5.52 Å². The third-order valence-electron chi connectivity index (χ3n) is 8.91. The topological polar surface area (TPSA) is 17.8 Å². The van der Waals surface area contributed by atoms with Crippen LogP contribution >= 0.6 is 0 Å². The number of fused-ring (bicyclic) bond motifs is 3. The van der Waals surface area contributed by atoms with Crippen LogP contribution in [0.1, 0.15) is 6.85 Å². The van der Waals surface area contributed by atoms with Gasteiger partial charge >= 0.3 is 0 Å². The summed E-state index contributed by atoms with van der Waals surface area (Å²) >= 11 is 0. The van der Waals surface area contributed by atoms with E-state index in [2.05, 4.69) is 103 Å². The SMILES string of the molecule is [2H]c1c([2H])c([2H])c(-c2nc3ccccc3n2-c2ccccc2-c2c3ccccc3c(-c3ccccc3-c3ccccc3)c3ccccc23)c([2H])c1[2H]. The maximum Gasteiger partial charge on any atom is 0.145 e. The largest absolute Gasteiger partial charge is 0.292 e. The predicted octanol–water partition coefficient (Wildman–Crippen LogP) is 12.0. The molecule has 0 amide bonds. The molecule has 9 aromatic rings. The van der Waals surface area contributed by atoms with E-state index in [9.17, 15) is 0 Å². The fourth-order valence-corrected chi connectivity index (χ4v) is 6.96. The highest BCUT2D eigenvalue weighted by Crippen LogP contribution is 2.47. The summed E-state index contributed by atoms with van der Waals surface area (Å²) in [5.41, 5.74) is 8.81. The van der Waals surface area contributed by atoms with Crippen LogP contribution < -0.4 is 0 Å². The van der Waals surface area contributed by atoms with Gasteiger partial charge in [0.2, 0.25) is 0 Å². The van der Waals surface area contributed by atoms with Crippen molar-refractivity contribution in [2.24, 2.45) is 0 Å². The average Bonchev–Trinajstić information content (AvgIpc) is 3.57. The van der Waals surface area contributed by atoms with Crippen LogP contribution in [-0.4, -0.2) is 9.55 Å². The minimum atomic E-state index is -0.436. The van der Waals surface area contributed by atoms with E-state index in [1.807, 2.05) is 53.1 Å². The Labute approximate surface area is 280 Å². The van der Waals surface area contributed by atoms with Crippen LogP contribution in [-0.2, 0) is 0 Å². The van der Waals surface area contributed by atoms with Crippen molar-refractivity contribution < 1.29 is 6.85 Å². The summed E-state index contributed by atoms with van der Waals surface area (Å²) in [5, 5.41) is 4.35. The summed E-state index contributed by atoms with van der Waals surface area (Å²) in [7, 11) is 0. The molecule has 0 bridgehead atoms. The van der Waals surface area contributed by atoms with Gasteiger partial charge in [-0.1, -0.05) is 164 Å². The van der Waals surface area contributed by atoms with Crippen molar-refractivity contribution >= 4 is 32.6 Å². The second kappa shape index (κ2) is 11.3. The summed E-state index contributed by atoms with van der Waals surface area (Å²) in [6.07, 6.45) is 0. The Hall–Kier alpha value is -6.25. The van der Waals surface area contributed by atoms with E-state index in [0.717, 1.165) is 66.1 Å². The van der Waals surface area contributed by atoms with E-state index >= 15 is 0 Å². The van der Waals surface area contributed by atoms with E-state index < -0.39 is 18.1 Å². The second-order valence-corrected chi connectivity index (χ2v) is 11.5. The standard InChI is InChI=1S/C45H30N2/c1-3-17-31(18-4-1)33-21-7-8-22-34(33)43-35-23-9-11-25-37(35)44(38-26-12-10-24-36(38)43)39-27-13-15-29-41(39)47-42-30-16-14-28-40(42)46-45(47)32-19-5-2-6-20-32/h1-30H/i2D,5D,6D,19D,20D. The van der Waals surface area contributed by atoms with Gasteiger partial charge < -0.3 is 0 Å². The number of para-hydroxylation sites is 3. The van der Waals surface area contributed by atoms with Crippen LogP contribution in [0.3, 0.4) is 0 Å². The van der Waals surface area contributed by atoms with Crippen molar-refractivity contribution in [3.8, 4) is 50.5 Å². The molecule has 2 nitrogen and oxygen atoms in total. The van der Waals surface area contributed by atoms with Crippen LogP contribution in [0.25, 0.3) is 83.0 Å². The molecule has 0 aliphatic heterocycles. The number of hydrogen-bond donors (Lipinski definition) is 0. The maximum absolute atomic E-state index is 8.90. The van der Waals surface area contributed by atoms with E-state index in [1.165, 1.54) is 0 Å². The molecule has 0 N–H and O–H groups in total. The van der Waals surface area contributed by atoms with Gasteiger partial charge in [-0.3, -0.25) is 4.57 Å². The molecule has 0 saturated heterocycles. The Morgan fingerprint density at radius 2 is 0.936 bits per heavy atom. The number of hydrogen-bond acceptors (Lipinski definition) is 1. The second-order valence-electron chi connectivity index (χ2n) is 11.5. The first-order valence-corrected chi connectivity index (χ1v) is 15.7. The summed E-state index contributed by atoms with van der Waals surface area (Å²) in [6.45, 7) is 0. The Bertz CT molecular complexity index is 2770. The maximum atomic E-state index is 8.90. The van der Waals surface area contributed by atoms with Crippen molar-refractivity contribution in [1.82, 2.24) is 9.55 Å². The zero-order chi connectivity index (χ0) is 35.5. The third kappa shape index (κ3) is 4.46. The van der Waals surface area contributed by atoms with Gasteiger partial charge in [0.1, 0.15) is 5.82 Å². The predicted molar refractivity (Wildman–Crippen MR) is 198 cm³/mol. The molecule has 0 spiro atoms. The molecular formula is C45H30N2. The van der Waals surface area contributed by atoms with Gasteiger partial charge in [-0.25, -0.2) is 4.98 Å². The van der Waals surface area contributed by atoms with Crippen molar-refractivity contribution in [3.63, 3.8) is 0 Å². The monoisotopic (exact) mass is 603 g/mol. The van der Waals surface area contributed by atoms with Crippen molar-refractivity contribution in [2.45, 2.75) is 0 Å². The fourth-order valence-electron chi connectivity index (χ4n) is 6.96. The van der Waals surface area contributed by atoms with Crippen molar-refractivity contribution in [3.05, 3.63) is 182 Å². The lowest BCUT2D eigenvalue weighted by Gasteiger charge is -2.21. The van der Waals surface area contributed by atoms with E-state index in [-0.39, 0.29) is 23.5 Å². The van der Waals surface area contributed by atoms with Crippen molar-refractivity contribution in [2.75, 3.05) is 0 Å². The molecule has 47 heavy (non-hydrogen) atoms. The Morgan fingerprint density at radius 1 is 0.426 bits per heavy atom. The van der Waals surface area contributed by atoms with Crippen LogP contribution in [0.15, 0.2) is 182 Å². The molecule has 2 heteroatoms. The highest BCUT2D eigenvalue weighted by atomic mass is 15.1. The van der Waals surface area contributed by atoms with Gasteiger partial charge in [-0.15, -0.1) is 0 Å². The molecule has 0 radical (unpaired) electrons. The molecule has 9 rings (SSSR count). The molecule has 8 aromatic carbocycles. The molecule has 1 aromatic heterocycles. The highest BCUT2D eigenvalue weighted by Gasteiger charge is 2.22. The van der Waals surface area contributed by atoms with Gasteiger partial charge in [-0.2, -0.15) is 0 Å². The fraction of sp³-hybridized carbons (Fsp3) is 0. The Balaban J connectivity index is 1.39. The number of aromatic nitrogens is 2. The molecule has 220 valence electrons. The minimum absolute atomic E-state index is 0.0552. The van der Waals surface area contributed by atoms with Crippen LogP contribution in [0, 0.1) is 0 Å². The van der Waals surface area contributed by atoms with Gasteiger partial charge in [0, 0.05) is 11.1 Å². The number of rotatable bonds is 5. The van der Waals surface area contributed by atoms with Gasteiger partial charge in [0.15, 0.2) is 0 Å². The van der Waals surface area contributed by atoms with Crippen molar-refractivity contribution in [1.29, 1.82) is 0 Å². The lowest BCUT2D eigenvalue weighted by molar-refractivity contribution is 1.10. The number of imidazole rings is 1. The lowest BCUT2D eigenvalue weighted by Crippen LogP contribution is -2.01. The summed E-state index contributed by atoms with van der Waals surface area (Å²) in [6, 6.07) is 50.0. The molecule has 0 aliphatic rings. The van der Waals surface area contributed by atoms with Gasteiger partial charge in [0.25, 0.3) is 0 Å². The smallest absolute Gasteiger partial charge is 0.145 e. The number of nitrogens with zero attached hydrogens (tertiary/aromatic N) is 2. The molecule has 0 atom stereocenters. The molecule has 0 saturated carbocycles. The summed E-state index contributed by atoms with van der Waals surface area (Å²) in [4.78, 5) is 4.94. The number of benzene rings is 8. The summed E-state index contributed by atoms with van der Waals surface area (Å²) < 4.78 is 44.9. The van der Waals surface area contributed by atoms with E-state index in [4.69, 9.17) is 11.8 Å². The molecular weight excluding hydrogens is 569 g/mol. The van der Waals surface area contributed by atoms with Gasteiger partial charge in [-0.05, 0) is 67.6 Å². The van der Waals surface area contributed by atoms with Crippen LogP contribution in [0.2, 0.25) is 0 Å². The third-order valence-corrected chi connectivity index (χ3v) is 8.91. The average molecular weight is 604 g/mol. The first kappa shape index (κ1) is 22.3. The zero-order valence-electron chi connectivity index (χ0n) is 30.3. The quantitative estimate of drug-likeness (QED) is 0.179. The normalized spacial score (nSPS) is 12.9. The highest BCUT2D eigenvalue weighted by molar-refractivity contribution is 6.23. The van der Waals surface area contributed by atoms with Gasteiger partial charge in [0.05, 0.1) is 23.6 Å².